The molecule has 1 amide bonds. The lowest BCUT2D eigenvalue weighted by molar-refractivity contribution is -0.00286. The third kappa shape index (κ3) is 2.56. The number of aliphatic hydroxyl groups is 1. The summed E-state index contributed by atoms with van der Waals surface area (Å²) in [5.41, 5.74) is -1.12. The van der Waals surface area contributed by atoms with Gasteiger partial charge in [-0.1, -0.05) is 4.49 Å². The van der Waals surface area contributed by atoms with Gasteiger partial charge in [-0.25, -0.2) is 0 Å². The van der Waals surface area contributed by atoms with Crippen LogP contribution in [0.25, 0.3) is 0 Å². The topological polar surface area (TPSA) is 75.1 Å². The zero-order valence-electron chi connectivity index (χ0n) is 10.2. The van der Waals surface area contributed by atoms with E-state index < -0.39 is 11.1 Å². The van der Waals surface area contributed by atoms with Gasteiger partial charge in [-0.2, -0.15) is 0 Å². The van der Waals surface area contributed by atoms with Crippen LogP contribution < -0.4 is 5.32 Å². The van der Waals surface area contributed by atoms with E-state index in [1.165, 1.54) is 0 Å². The fourth-order valence-corrected chi connectivity index (χ4v) is 1.49. The number of carbonyl (C=O) groups is 1. The number of amides is 1. The van der Waals surface area contributed by atoms with Gasteiger partial charge in [0.2, 0.25) is 0 Å². The second-order valence-electron chi connectivity index (χ2n) is 4.83. The lowest BCUT2D eigenvalue weighted by Crippen LogP contribution is -2.57. The Hall–Kier alpha value is -1.01. The van der Waals surface area contributed by atoms with E-state index in [9.17, 15) is 9.90 Å². The van der Waals surface area contributed by atoms with Crippen LogP contribution in [0.2, 0.25) is 0 Å². The van der Waals surface area contributed by atoms with Gasteiger partial charge in [0.15, 0.2) is 0 Å². The van der Waals surface area contributed by atoms with E-state index in [0.29, 0.717) is 10.6 Å². The summed E-state index contributed by atoms with van der Waals surface area (Å²) >= 11 is 1.05. The molecule has 6 heteroatoms. The van der Waals surface area contributed by atoms with Gasteiger partial charge >= 0.3 is 0 Å². The lowest BCUT2D eigenvalue weighted by Gasteiger charge is -2.37. The first-order valence-electron chi connectivity index (χ1n) is 4.99. The van der Waals surface area contributed by atoms with Gasteiger partial charge in [-0.3, -0.25) is 4.79 Å². The Labute approximate surface area is 99.0 Å². The van der Waals surface area contributed by atoms with Crippen molar-refractivity contribution in [2.24, 2.45) is 0 Å². The molecule has 5 nitrogen and oxygen atoms in total. The molecule has 0 aliphatic carbocycles. The molecule has 0 aromatic carbocycles. The summed E-state index contributed by atoms with van der Waals surface area (Å²) in [5.74, 6) is -0.250. The first-order chi connectivity index (χ1) is 7.15. The summed E-state index contributed by atoms with van der Waals surface area (Å²) in [4.78, 5) is 12.4. The Bertz CT molecular complexity index is 393. The molecule has 0 saturated heterocycles. The molecule has 16 heavy (non-hydrogen) atoms. The standard InChI is InChI=1S/C10H17N3O2S/c1-6-7(16-13-12-6)8(14)11-9(2,3)10(4,5)15/h15H,1-5H3,(H,11,14). The molecule has 0 fully saturated rings. The van der Waals surface area contributed by atoms with Gasteiger partial charge in [0.25, 0.3) is 5.91 Å². The molecule has 0 aliphatic rings. The third-order valence-corrected chi connectivity index (χ3v) is 3.64. The maximum Gasteiger partial charge on any atom is 0.265 e. The first kappa shape index (κ1) is 13.1. The number of carbonyl (C=O) groups excluding carboxylic acids is 1. The van der Waals surface area contributed by atoms with Crippen molar-refractivity contribution in [1.82, 2.24) is 14.9 Å². The Balaban J connectivity index is 2.84. The van der Waals surface area contributed by atoms with Crippen LogP contribution in [0.4, 0.5) is 0 Å². The van der Waals surface area contributed by atoms with Crippen LogP contribution in [0.15, 0.2) is 0 Å². The summed E-state index contributed by atoms with van der Waals surface area (Å²) in [6, 6.07) is 0. The molecular weight excluding hydrogens is 226 g/mol. The minimum Gasteiger partial charge on any atom is -0.388 e. The fourth-order valence-electron chi connectivity index (χ4n) is 0.933. The van der Waals surface area contributed by atoms with E-state index >= 15 is 0 Å². The zero-order valence-corrected chi connectivity index (χ0v) is 11.0. The highest BCUT2D eigenvalue weighted by atomic mass is 32.1. The molecule has 0 bridgehead atoms. The number of nitrogens with zero attached hydrogens (tertiary/aromatic N) is 2. The van der Waals surface area contributed by atoms with Crippen molar-refractivity contribution in [3.63, 3.8) is 0 Å². The average Bonchev–Trinajstić information content (AvgIpc) is 2.48. The van der Waals surface area contributed by atoms with Crippen LogP contribution in [0, 0.1) is 6.92 Å². The minimum absolute atomic E-state index is 0.250. The number of aromatic nitrogens is 2. The van der Waals surface area contributed by atoms with Crippen molar-refractivity contribution < 1.29 is 9.90 Å². The van der Waals surface area contributed by atoms with Gasteiger partial charge in [0.1, 0.15) is 4.88 Å². The molecule has 1 aromatic heterocycles. The SMILES string of the molecule is Cc1nnsc1C(=O)NC(C)(C)C(C)(C)O. The molecule has 0 spiro atoms. The lowest BCUT2D eigenvalue weighted by atomic mass is 9.86. The number of aryl methyl sites for hydroxylation is 1. The second-order valence-corrected chi connectivity index (χ2v) is 5.58. The first-order valence-corrected chi connectivity index (χ1v) is 5.76. The van der Waals surface area contributed by atoms with Crippen molar-refractivity contribution in [1.29, 1.82) is 0 Å². The predicted molar refractivity (Wildman–Crippen MR) is 62.5 cm³/mol. The van der Waals surface area contributed by atoms with Gasteiger partial charge in [0.05, 0.1) is 16.8 Å². The van der Waals surface area contributed by atoms with Crippen LogP contribution in [0.1, 0.15) is 43.1 Å². The largest absolute Gasteiger partial charge is 0.388 e. The van der Waals surface area contributed by atoms with Crippen LogP contribution in [-0.2, 0) is 0 Å². The number of rotatable bonds is 3. The van der Waals surface area contributed by atoms with Crippen molar-refractivity contribution in [2.45, 2.75) is 45.8 Å². The maximum atomic E-state index is 11.9. The molecule has 1 rings (SSSR count). The molecule has 0 unspecified atom stereocenters. The van der Waals surface area contributed by atoms with Gasteiger partial charge < -0.3 is 10.4 Å². The zero-order chi connectivity index (χ0) is 12.6. The highest BCUT2D eigenvalue weighted by molar-refractivity contribution is 7.08. The third-order valence-electron chi connectivity index (χ3n) is 2.81. The van der Waals surface area contributed by atoms with E-state index in [0.717, 1.165) is 11.5 Å². The Morgan fingerprint density at radius 1 is 1.38 bits per heavy atom. The average molecular weight is 243 g/mol. The minimum atomic E-state index is -1.01. The van der Waals surface area contributed by atoms with Crippen LogP contribution in [0.3, 0.4) is 0 Å². The summed E-state index contributed by atoms with van der Waals surface area (Å²) in [5, 5.41) is 16.5. The number of nitrogens with one attached hydrogen (secondary N) is 1. The molecule has 1 heterocycles. The molecule has 90 valence electrons. The fraction of sp³-hybridized carbons (Fsp3) is 0.700. The Kier molecular flexibility index (Phi) is 3.35. The quantitative estimate of drug-likeness (QED) is 0.834. The van der Waals surface area contributed by atoms with Crippen LogP contribution in [0.5, 0.6) is 0 Å². The van der Waals surface area contributed by atoms with Crippen LogP contribution >= 0.6 is 11.5 Å². The number of hydrogen-bond acceptors (Lipinski definition) is 5. The summed E-state index contributed by atoms with van der Waals surface area (Å²) in [6.07, 6.45) is 0. The predicted octanol–water partition coefficient (Wildman–Crippen LogP) is 1.13. The van der Waals surface area contributed by atoms with Crippen molar-refractivity contribution in [3.8, 4) is 0 Å². The van der Waals surface area contributed by atoms with E-state index in [1.807, 2.05) is 0 Å². The monoisotopic (exact) mass is 243 g/mol. The molecular formula is C10H17N3O2S. The normalized spacial score (nSPS) is 12.6. The van der Waals surface area contributed by atoms with Crippen molar-refractivity contribution in [2.75, 3.05) is 0 Å². The molecule has 0 aliphatic heterocycles. The van der Waals surface area contributed by atoms with E-state index in [1.54, 1.807) is 34.6 Å². The molecule has 2 N–H and O–H groups in total. The highest BCUT2D eigenvalue weighted by Gasteiger charge is 2.37. The maximum absolute atomic E-state index is 11.9. The summed E-state index contributed by atoms with van der Waals surface area (Å²) in [6.45, 7) is 8.59. The molecule has 1 aromatic rings. The highest BCUT2D eigenvalue weighted by Crippen LogP contribution is 2.21. The smallest absolute Gasteiger partial charge is 0.265 e. The molecule has 0 radical (unpaired) electrons. The van der Waals surface area contributed by atoms with E-state index in [2.05, 4.69) is 14.9 Å². The second kappa shape index (κ2) is 4.10. The van der Waals surface area contributed by atoms with Gasteiger partial charge in [0, 0.05) is 0 Å². The van der Waals surface area contributed by atoms with E-state index in [-0.39, 0.29) is 5.91 Å². The Morgan fingerprint density at radius 2 is 1.94 bits per heavy atom. The van der Waals surface area contributed by atoms with E-state index in [4.69, 9.17) is 0 Å². The molecule has 0 saturated carbocycles. The van der Waals surface area contributed by atoms with Gasteiger partial charge in [-0.05, 0) is 46.2 Å². The molecule has 0 atom stereocenters. The van der Waals surface area contributed by atoms with Crippen molar-refractivity contribution in [3.05, 3.63) is 10.6 Å². The van der Waals surface area contributed by atoms with Gasteiger partial charge in [-0.15, -0.1) is 5.10 Å². The summed E-state index contributed by atoms with van der Waals surface area (Å²) < 4.78 is 3.70. The van der Waals surface area contributed by atoms with Crippen LogP contribution in [-0.4, -0.2) is 31.7 Å². The van der Waals surface area contributed by atoms with Crippen molar-refractivity contribution >= 4 is 17.4 Å². The summed E-state index contributed by atoms with van der Waals surface area (Å²) in [7, 11) is 0. The number of hydrogen-bond donors (Lipinski definition) is 2. The Morgan fingerprint density at radius 3 is 2.31 bits per heavy atom.